The van der Waals surface area contributed by atoms with E-state index in [0.29, 0.717) is 6.54 Å². The highest BCUT2D eigenvalue weighted by Gasteiger charge is 2.11. The molecule has 0 unspecified atom stereocenters. The highest BCUT2D eigenvalue weighted by atomic mass is 16.2. The lowest BCUT2D eigenvalue weighted by Gasteiger charge is -2.17. The average Bonchev–Trinajstić information content (AvgIpc) is 2.43. The molecule has 0 saturated carbocycles. The van der Waals surface area contributed by atoms with Gasteiger partial charge in [-0.1, -0.05) is 6.07 Å². The van der Waals surface area contributed by atoms with Gasteiger partial charge in [-0.05, 0) is 49.1 Å². The van der Waals surface area contributed by atoms with Crippen molar-refractivity contribution in [2.45, 2.75) is 25.8 Å². The second kappa shape index (κ2) is 6.52. The lowest BCUT2D eigenvalue weighted by atomic mass is 9.98. The van der Waals surface area contributed by atoms with Crippen LogP contribution in [0.25, 0.3) is 0 Å². The predicted octanol–water partition coefficient (Wildman–Crippen LogP) is 0.835. The summed E-state index contributed by atoms with van der Waals surface area (Å²) in [5.41, 5.74) is 3.29. The topological polar surface area (TPSA) is 61.4 Å². The van der Waals surface area contributed by atoms with Gasteiger partial charge in [0.1, 0.15) is 0 Å². The van der Waals surface area contributed by atoms with E-state index >= 15 is 0 Å². The molecule has 3 N–H and O–H groups in total. The van der Waals surface area contributed by atoms with Crippen LogP contribution in [-0.2, 0) is 13.0 Å². The number of carbonyl (C=O) groups excluding carboxylic acids is 1. The fourth-order valence-electron chi connectivity index (χ4n) is 2.16. The van der Waals surface area contributed by atoms with Crippen LogP contribution in [0.2, 0.25) is 0 Å². The number of benzene rings is 1. The summed E-state index contributed by atoms with van der Waals surface area (Å²) in [7, 11) is 0. The molecule has 0 aliphatic carbocycles. The Kier molecular flexibility index (Phi) is 4.73. The average molecular weight is 248 g/mol. The van der Waals surface area contributed by atoms with Crippen LogP contribution in [0.5, 0.6) is 0 Å². The number of rotatable bonds is 5. The number of unbranched alkanes of at least 4 members (excludes halogenated alkanes) is 1. The molecule has 4 nitrogen and oxygen atoms in total. The van der Waals surface area contributed by atoms with Crippen LogP contribution < -0.4 is 10.6 Å². The fourth-order valence-corrected chi connectivity index (χ4v) is 2.16. The third-order valence-electron chi connectivity index (χ3n) is 3.23. The number of nitrogens with one attached hydrogen (secondary N) is 2. The van der Waals surface area contributed by atoms with E-state index in [9.17, 15) is 4.79 Å². The van der Waals surface area contributed by atoms with Gasteiger partial charge in [0.15, 0.2) is 0 Å². The van der Waals surface area contributed by atoms with Crippen molar-refractivity contribution < 1.29 is 9.90 Å². The first-order valence-electron chi connectivity index (χ1n) is 6.53. The van der Waals surface area contributed by atoms with Gasteiger partial charge in [0, 0.05) is 25.3 Å². The first kappa shape index (κ1) is 13.1. The highest BCUT2D eigenvalue weighted by molar-refractivity contribution is 5.94. The summed E-state index contributed by atoms with van der Waals surface area (Å²) < 4.78 is 0. The minimum absolute atomic E-state index is 0.0266. The van der Waals surface area contributed by atoms with E-state index in [1.54, 1.807) is 0 Å². The number of amides is 1. The Labute approximate surface area is 107 Å². The van der Waals surface area contributed by atoms with Crippen LogP contribution in [0.1, 0.15) is 34.3 Å². The zero-order valence-electron chi connectivity index (χ0n) is 10.5. The Morgan fingerprint density at radius 3 is 3.06 bits per heavy atom. The standard InChI is InChI=1S/C14H20N2O2/c17-8-2-1-6-16-14(18)12-4-3-11-5-7-15-10-13(11)9-12/h3-4,9,15,17H,1-2,5-8,10H2,(H,16,18). The molecule has 0 radical (unpaired) electrons. The van der Waals surface area contributed by atoms with Gasteiger partial charge in [-0.3, -0.25) is 4.79 Å². The van der Waals surface area contributed by atoms with Crippen LogP contribution in [0.4, 0.5) is 0 Å². The van der Waals surface area contributed by atoms with E-state index in [1.807, 2.05) is 12.1 Å². The zero-order valence-corrected chi connectivity index (χ0v) is 10.5. The van der Waals surface area contributed by atoms with Gasteiger partial charge in [0.2, 0.25) is 0 Å². The Hall–Kier alpha value is -1.39. The van der Waals surface area contributed by atoms with Crippen molar-refractivity contribution in [2.24, 2.45) is 0 Å². The van der Waals surface area contributed by atoms with E-state index in [1.165, 1.54) is 11.1 Å². The molecule has 0 aromatic heterocycles. The summed E-state index contributed by atoms with van der Waals surface area (Å²) in [5, 5.41) is 14.8. The predicted molar refractivity (Wildman–Crippen MR) is 70.5 cm³/mol. The van der Waals surface area contributed by atoms with Crippen LogP contribution >= 0.6 is 0 Å². The minimum atomic E-state index is -0.0266. The molecule has 98 valence electrons. The maximum absolute atomic E-state index is 11.9. The molecular formula is C14H20N2O2. The van der Waals surface area contributed by atoms with Crippen molar-refractivity contribution in [2.75, 3.05) is 19.7 Å². The number of aliphatic hydroxyl groups excluding tert-OH is 1. The molecule has 0 spiro atoms. The molecule has 1 aliphatic heterocycles. The first-order chi connectivity index (χ1) is 8.81. The number of hydrogen-bond donors (Lipinski definition) is 3. The van der Waals surface area contributed by atoms with Gasteiger partial charge in [0.25, 0.3) is 5.91 Å². The van der Waals surface area contributed by atoms with Gasteiger partial charge in [-0.15, -0.1) is 0 Å². The molecule has 0 saturated heterocycles. The van der Waals surface area contributed by atoms with E-state index in [-0.39, 0.29) is 12.5 Å². The van der Waals surface area contributed by atoms with Gasteiger partial charge in [-0.2, -0.15) is 0 Å². The second-order valence-electron chi connectivity index (χ2n) is 4.60. The molecule has 18 heavy (non-hydrogen) atoms. The van der Waals surface area contributed by atoms with Gasteiger partial charge in [-0.25, -0.2) is 0 Å². The second-order valence-corrected chi connectivity index (χ2v) is 4.60. The Balaban J connectivity index is 1.94. The molecule has 2 rings (SSSR count). The molecule has 0 bridgehead atoms. The Morgan fingerprint density at radius 1 is 1.33 bits per heavy atom. The van der Waals surface area contributed by atoms with Crippen molar-refractivity contribution in [1.29, 1.82) is 0 Å². The summed E-state index contributed by atoms with van der Waals surface area (Å²) in [6.07, 6.45) is 2.58. The minimum Gasteiger partial charge on any atom is -0.396 e. The van der Waals surface area contributed by atoms with Crippen molar-refractivity contribution in [3.05, 3.63) is 34.9 Å². The SMILES string of the molecule is O=C(NCCCCO)c1ccc2c(c1)CNCC2. The summed E-state index contributed by atoms with van der Waals surface area (Å²) in [6, 6.07) is 5.92. The fraction of sp³-hybridized carbons (Fsp3) is 0.500. The highest BCUT2D eigenvalue weighted by Crippen LogP contribution is 2.15. The van der Waals surface area contributed by atoms with Crippen LogP contribution in [0.3, 0.4) is 0 Å². The quantitative estimate of drug-likeness (QED) is 0.677. The van der Waals surface area contributed by atoms with E-state index in [2.05, 4.69) is 16.7 Å². The molecular weight excluding hydrogens is 228 g/mol. The van der Waals surface area contributed by atoms with Crippen molar-refractivity contribution in [3.8, 4) is 0 Å². The molecule has 1 aromatic rings. The Morgan fingerprint density at radius 2 is 2.22 bits per heavy atom. The van der Waals surface area contributed by atoms with Gasteiger partial charge < -0.3 is 15.7 Å². The molecule has 0 fully saturated rings. The molecule has 1 heterocycles. The van der Waals surface area contributed by atoms with Crippen molar-refractivity contribution >= 4 is 5.91 Å². The third kappa shape index (κ3) is 3.31. The summed E-state index contributed by atoms with van der Waals surface area (Å²) in [6.45, 7) is 2.66. The smallest absolute Gasteiger partial charge is 0.251 e. The zero-order chi connectivity index (χ0) is 12.8. The van der Waals surface area contributed by atoms with Crippen molar-refractivity contribution in [3.63, 3.8) is 0 Å². The van der Waals surface area contributed by atoms with Crippen LogP contribution in [0.15, 0.2) is 18.2 Å². The lowest BCUT2D eigenvalue weighted by Crippen LogP contribution is -2.27. The lowest BCUT2D eigenvalue weighted by molar-refractivity contribution is 0.0952. The molecule has 1 aliphatic rings. The van der Waals surface area contributed by atoms with E-state index in [4.69, 9.17) is 5.11 Å². The summed E-state index contributed by atoms with van der Waals surface area (Å²) in [5.74, 6) is -0.0266. The number of fused-ring (bicyclic) bond motifs is 1. The monoisotopic (exact) mass is 248 g/mol. The van der Waals surface area contributed by atoms with Gasteiger partial charge >= 0.3 is 0 Å². The largest absolute Gasteiger partial charge is 0.396 e. The first-order valence-corrected chi connectivity index (χ1v) is 6.53. The maximum atomic E-state index is 11.9. The van der Waals surface area contributed by atoms with Crippen LogP contribution in [0, 0.1) is 0 Å². The summed E-state index contributed by atoms with van der Waals surface area (Å²) >= 11 is 0. The number of aliphatic hydroxyl groups is 1. The molecule has 1 aromatic carbocycles. The van der Waals surface area contributed by atoms with E-state index in [0.717, 1.165) is 37.9 Å². The Bertz CT molecular complexity index is 418. The third-order valence-corrected chi connectivity index (χ3v) is 3.23. The van der Waals surface area contributed by atoms with Gasteiger partial charge in [0.05, 0.1) is 0 Å². The van der Waals surface area contributed by atoms with Crippen molar-refractivity contribution in [1.82, 2.24) is 10.6 Å². The number of hydrogen-bond acceptors (Lipinski definition) is 3. The molecule has 1 amide bonds. The molecule has 4 heteroatoms. The normalized spacial score (nSPS) is 14.1. The van der Waals surface area contributed by atoms with E-state index < -0.39 is 0 Å². The maximum Gasteiger partial charge on any atom is 0.251 e. The molecule has 0 atom stereocenters. The number of carbonyl (C=O) groups is 1. The van der Waals surface area contributed by atoms with Crippen LogP contribution in [-0.4, -0.2) is 30.7 Å². The summed E-state index contributed by atoms with van der Waals surface area (Å²) in [4.78, 5) is 11.9.